The Kier molecular flexibility index (Phi) is 5.96. The van der Waals surface area contributed by atoms with Gasteiger partial charge < -0.3 is 10.2 Å². The number of para-hydroxylation sites is 1. The Hall–Kier alpha value is -2.11. The van der Waals surface area contributed by atoms with Crippen LogP contribution in [0, 0.1) is 0 Å². The number of hydrogen-bond acceptors (Lipinski definition) is 3. The molecule has 1 heterocycles. The summed E-state index contributed by atoms with van der Waals surface area (Å²) in [4.78, 5) is 29.2. The summed E-state index contributed by atoms with van der Waals surface area (Å²) in [5.41, 5.74) is 1.20. The third-order valence-electron chi connectivity index (χ3n) is 3.10. The van der Waals surface area contributed by atoms with Gasteiger partial charge in [0.1, 0.15) is 6.54 Å². The van der Waals surface area contributed by atoms with Gasteiger partial charge in [-0.25, -0.2) is 0 Å². The van der Waals surface area contributed by atoms with Crippen molar-refractivity contribution in [2.24, 2.45) is 0 Å². The lowest BCUT2D eigenvalue weighted by molar-refractivity contribution is -0.123. The van der Waals surface area contributed by atoms with Crippen molar-refractivity contribution in [1.82, 2.24) is 10.3 Å². The van der Waals surface area contributed by atoms with Crippen LogP contribution in [0.15, 0.2) is 42.7 Å². The van der Waals surface area contributed by atoms with Gasteiger partial charge in [0.15, 0.2) is 0 Å². The van der Waals surface area contributed by atoms with Gasteiger partial charge in [-0.3, -0.25) is 14.6 Å². The Labute approximate surface area is 144 Å². The molecule has 7 heteroatoms. The van der Waals surface area contributed by atoms with Crippen molar-refractivity contribution < 1.29 is 9.59 Å². The van der Waals surface area contributed by atoms with Crippen molar-refractivity contribution in [3.05, 3.63) is 58.3 Å². The largest absolute Gasteiger partial charge is 0.350 e. The van der Waals surface area contributed by atoms with Crippen molar-refractivity contribution in [2.45, 2.75) is 13.5 Å². The van der Waals surface area contributed by atoms with Crippen LogP contribution in [-0.4, -0.2) is 23.3 Å². The van der Waals surface area contributed by atoms with Crippen LogP contribution in [0.4, 0.5) is 5.69 Å². The fourth-order valence-corrected chi connectivity index (χ4v) is 2.60. The molecule has 0 unspecified atom stereocenters. The molecule has 2 aromatic rings. The second kappa shape index (κ2) is 7.94. The van der Waals surface area contributed by atoms with E-state index in [1.54, 1.807) is 36.7 Å². The smallest absolute Gasteiger partial charge is 0.240 e. The van der Waals surface area contributed by atoms with Crippen LogP contribution in [0.2, 0.25) is 10.0 Å². The molecule has 0 radical (unpaired) electrons. The van der Waals surface area contributed by atoms with E-state index in [4.69, 9.17) is 23.2 Å². The number of halogens is 2. The third kappa shape index (κ3) is 4.68. The van der Waals surface area contributed by atoms with Crippen molar-refractivity contribution in [3.8, 4) is 0 Å². The highest BCUT2D eigenvalue weighted by Crippen LogP contribution is 2.33. The number of nitrogens with one attached hydrogen (secondary N) is 1. The zero-order valence-electron chi connectivity index (χ0n) is 12.4. The molecule has 0 fully saturated rings. The van der Waals surface area contributed by atoms with Gasteiger partial charge in [0.25, 0.3) is 0 Å². The number of amides is 2. The standard InChI is InChI=1S/C16H15Cl2N3O2/c1-11(22)21(16-13(17)5-2-6-14(16)18)10-15(23)20-9-12-4-3-7-19-8-12/h2-8H,9-10H2,1H3,(H,20,23). The molecule has 2 rings (SSSR count). The Bertz CT molecular complexity index is 687. The zero-order chi connectivity index (χ0) is 16.8. The summed E-state index contributed by atoms with van der Waals surface area (Å²) < 4.78 is 0. The van der Waals surface area contributed by atoms with Gasteiger partial charge in [-0.05, 0) is 23.8 Å². The fraction of sp³-hybridized carbons (Fsp3) is 0.188. The first kappa shape index (κ1) is 17.2. The van der Waals surface area contributed by atoms with Crippen LogP contribution in [0.1, 0.15) is 12.5 Å². The molecule has 0 aliphatic rings. The molecule has 1 N–H and O–H groups in total. The highest BCUT2D eigenvalue weighted by atomic mass is 35.5. The summed E-state index contributed by atoms with van der Waals surface area (Å²) in [5.74, 6) is -0.642. The summed E-state index contributed by atoms with van der Waals surface area (Å²) in [5, 5.41) is 3.36. The van der Waals surface area contributed by atoms with E-state index in [-0.39, 0.29) is 18.4 Å². The van der Waals surface area contributed by atoms with E-state index in [0.717, 1.165) is 5.56 Å². The number of pyridine rings is 1. The van der Waals surface area contributed by atoms with E-state index < -0.39 is 0 Å². The van der Waals surface area contributed by atoms with Gasteiger partial charge in [0, 0.05) is 25.9 Å². The van der Waals surface area contributed by atoms with Gasteiger partial charge in [0.2, 0.25) is 11.8 Å². The van der Waals surface area contributed by atoms with E-state index in [1.165, 1.54) is 11.8 Å². The van der Waals surface area contributed by atoms with Crippen LogP contribution < -0.4 is 10.2 Å². The van der Waals surface area contributed by atoms with Crippen molar-refractivity contribution >= 4 is 40.7 Å². The molecule has 0 atom stereocenters. The Morgan fingerprint density at radius 3 is 2.43 bits per heavy atom. The molecule has 0 bridgehead atoms. The Morgan fingerprint density at radius 2 is 1.87 bits per heavy atom. The van der Waals surface area contributed by atoms with Crippen molar-refractivity contribution in [2.75, 3.05) is 11.4 Å². The van der Waals surface area contributed by atoms with E-state index in [2.05, 4.69) is 10.3 Å². The lowest BCUT2D eigenvalue weighted by atomic mass is 10.2. The maximum atomic E-state index is 12.1. The predicted octanol–water partition coefficient (Wildman–Crippen LogP) is 3.06. The van der Waals surface area contributed by atoms with E-state index in [9.17, 15) is 9.59 Å². The van der Waals surface area contributed by atoms with Gasteiger partial charge >= 0.3 is 0 Å². The molecular weight excluding hydrogens is 337 g/mol. The summed E-state index contributed by atoms with van der Waals surface area (Å²) >= 11 is 12.2. The van der Waals surface area contributed by atoms with E-state index >= 15 is 0 Å². The maximum Gasteiger partial charge on any atom is 0.240 e. The predicted molar refractivity (Wildman–Crippen MR) is 90.6 cm³/mol. The number of carbonyl (C=O) groups is 2. The first-order chi connectivity index (χ1) is 11.0. The third-order valence-corrected chi connectivity index (χ3v) is 3.71. The summed E-state index contributed by atoms with van der Waals surface area (Å²) in [6.45, 7) is 1.52. The minimum absolute atomic E-state index is 0.168. The monoisotopic (exact) mass is 351 g/mol. The summed E-state index contributed by atoms with van der Waals surface area (Å²) in [6.07, 6.45) is 3.32. The van der Waals surface area contributed by atoms with Crippen molar-refractivity contribution in [1.29, 1.82) is 0 Å². The number of hydrogen-bond donors (Lipinski definition) is 1. The molecular formula is C16H15Cl2N3O2. The van der Waals surface area contributed by atoms with Crippen LogP contribution in [0.5, 0.6) is 0 Å². The number of aromatic nitrogens is 1. The molecule has 5 nitrogen and oxygen atoms in total. The van der Waals surface area contributed by atoms with Crippen LogP contribution >= 0.6 is 23.2 Å². The number of anilines is 1. The topological polar surface area (TPSA) is 62.3 Å². The average molecular weight is 352 g/mol. The number of nitrogens with zero attached hydrogens (tertiary/aromatic N) is 2. The second-order valence-corrected chi connectivity index (χ2v) is 5.63. The molecule has 0 saturated carbocycles. The molecule has 120 valence electrons. The van der Waals surface area contributed by atoms with Crippen LogP contribution in [0.3, 0.4) is 0 Å². The molecule has 0 spiro atoms. The number of carbonyl (C=O) groups excluding carboxylic acids is 2. The molecule has 1 aromatic carbocycles. The minimum atomic E-state index is -0.323. The number of rotatable bonds is 5. The molecule has 0 aliphatic carbocycles. The van der Waals surface area contributed by atoms with Crippen molar-refractivity contribution in [3.63, 3.8) is 0 Å². The summed E-state index contributed by atoms with van der Waals surface area (Å²) in [7, 11) is 0. The fourth-order valence-electron chi connectivity index (χ4n) is 2.00. The Balaban J connectivity index is 2.08. The lowest BCUT2D eigenvalue weighted by Gasteiger charge is -2.23. The summed E-state index contributed by atoms with van der Waals surface area (Å²) in [6, 6.07) is 8.54. The average Bonchev–Trinajstić information content (AvgIpc) is 2.52. The SMILES string of the molecule is CC(=O)N(CC(=O)NCc1cccnc1)c1c(Cl)cccc1Cl. The van der Waals surface area contributed by atoms with Crippen LogP contribution in [0.25, 0.3) is 0 Å². The number of benzene rings is 1. The minimum Gasteiger partial charge on any atom is -0.350 e. The molecule has 23 heavy (non-hydrogen) atoms. The first-order valence-electron chi connectivity index (χ1n) is 6.86. The van der Waals surface area contributed by atoms with Crippen LogP contribution in [-0.2, 0) is 16.1 Å². The second-order valence-electron chi connectivity index (χ2n) is 4.81. The van der Waals surface area contributed by atoms with E-state index in [1.807, 2.05) is 6.07 Å². The quantitative estimate of drug-likeness (QED) is 0.900. The molecule has 0 aliphatic heterocycles. The Morgan fingerprint density at radius 1 is 1.17 bits per heavy atom. The van der Waals surface area contributed by atoms with E-state index in [0.29, 0.717) is 22.3 Å². The maximum absolute atomic E-state index is 12.1. The molecule has 2 amide bonds. The first-order valence-corrected chi connectivity index (χ1v) is 7.62. The lowest BCUT2D eigenvalue weighted by Crippen LogP contribution is -2.39. The van der Waals surface area contributed by atoms with Gasteiger partial charge in [0.05, 0.1) is 15.7 Å². The van der Waals surface area contributed by atoms with Gasteiger partial charge in [-0.15, -0.1) is 0 Å². The normalized spacial score (nSPS) is 10.2. The zero-order valence-corrected chi connectivity index (χ0v) is 13.9. The molecule has 0 saturated heterocycles. The molecule has 1 aromatic heterocycles. The van der Waals surface area contributed by atoms with Gasteiger partial charge in [-0.2, -0.15) is 0 Å². The highest BCUT2D eigenvalue weighted by Gasteiger charge is 2.20. The highest BCUT2D eigenvalue weighted by molar-refractivity contribution is 6.40. The van der Waals surface area contributed by atoms with Gasteiger partial charge in [-0.1, -0.05) is 35.3 Å².